The SMILES string of the molecule is CC1(C)c2ccccc2-c2ccc(-c3cc(Br)c4ccc5c(-c6ccc7c(c6)C(C)(C)c6ccccc6-7)cc(-c6ccccc6)c6ccc3c4c65)cc21. The quantitative estimate of drug-likeness (QED) is 0.158. The van der Waals surface area contributed by atoms with Crippen LogP contribution in [0.1, 0.15) is 49.9 Å². The van der Waals surface area contributed by atoms with Gasteiger partial charge in [-0.3, -0.25) is 0 Å². The third-order valence-electron chi connectivity index (χ3n) is 12.7. The Morgan fingerprint density at radius 1 is 0.321 bits per heavy atom. The first-order valence-corrected chi connectivity index (χ1v) is 19.5. The second kappa shape index (κ2) is 10.8. The molecule has 11 rings (SSSR count). The third kappa shape index (κ3) is 4.18. The van der Waals surface area contributed by atoms with Crippen LogP contribution in [0.5, 0.6) is 0 Å². The van der Waals surface area contributed by atoms with Crippen LogP contribution >= 0.6 is 15.9 Å². The highest BCUT2D eigenvalue weighted by atomic mass is 79.9. The maximum absolute atomic E-state index is 4.08. The maximum Gasteiger partial charge on any atom is 0.0260 e. The van der Waals surface area contributed by atoms with Crippen molar-refractivity contribution in [2.45, 2.75) is 38.5 Å². The first kappa shape index (κ1) is 31.1. The molecule has 0 saturated carbocycles. The first-order valence-electron chi connectivity index (χ1n) is 18.7. The summed E-state index contributed by atoms with van der Waals surface area (Å²) in [5.74, 6) is 0. The van der Waals surface area contributed by atoms with Crippen LogP contribution in [0.15, 0.2) is 156 Å². The maximum atomic E-state index is 4.08. The second-order valence-corrected chi connectivity index (χ2v) is 17.0. The summed E-state index contributed by atoms with van der Waals surface area (Å²) in [6, 6.07) is 57.3. The predicted molar refractivity (Wildman–Crippen MR) is 229 cm³/mol. The van der Waals surface area contributed by atoms with Gasteiger partial charge in [0.05, 0.1) is 0 Å². The molecule has 0 saturated heterocycles. The summed E-state index contributed by atoms with van der Waals surface area (Å²) in [6.07, 6.45) is 0. The second-order valence-electron chi connectivity index (χ2n) is 16.2. The highest BCUT2D eigenvalue weighted by Gasteiger charge is 2.37. The molecule has 0 radical (unpaired) electrons. The Bertz CT molecular complexity index is 3000. The molecule has 0 heterocycles. The molecule has 0 bridgehead atoms. The fourth-order valence-electron chi connectivity index (χ4n) is 10.0. The molecule has 0 nitrogen and oxygen atoms in total. The van der Waals surface area contributed by atoms with Crippen molar-refractivity contribution in [2.24, 2.45) is 0 Å². The molecule has 0 spiro atoms. The van der Waals surface area contributed by atoms with Gasteiger partial charge >= 0.3 is 0 Å². The van der Waals surface area contributed by atoms with Crippen molar-refractivity contribution in [3.63, 3.8) is 0 Å². The van der Waals surface area contributed by atoms with E-state index in [1.54, 1.807) is 0 Å². The van der Waals surface area contributed by atoms with E-state index >= 15 is 0 Å². The van der Waals surface area contributed by atoms with Crippen LogP contribution in [0.4, 0.5) is 0 Å². The number of halogens is 1. The lowest BCUT2D eigenvalue weighted by Gasteiger charge is -2.23. The van der Waals surface area contributed by atoms with E-state index in [1.807, 2.05) is 0 Å². The van der Waals surface area contributed by atoms with Crippen molar-refractivity contribution in [1.29, 1.82) is 0 Å². The third-order valence-corrected chi connectivity index (χ3v) is 13.4. The standard InChI is InChI=1S/C52H37Br/c1-51(2)44-16-10-8-14-33(44)35-20-18-31(26-46(35)51)42-28-41(30-12-6-5-7-13-30)37-22-23-39-43(29-48(53)40-25-24-38(42)49(37)50(39)40)32-19-21-36-34-15-9-11-17-45(34)52(3,4)47(36)27-32/h5-29H,1-4H3. The molecule has 2 aliphatic rings. The largest absolute Gasteiger partial charge is 0.0622 e. The molecular formula is C52H37Br. The normalized spacial score (nSPS) is 14.8. The predicted octanol–water partition coefficient (Wildman–Crippen LogP) is 15.0. The summed E-state index contributed by atoms with van der Waals surface area (Å²) < 4.78 is 1.13. The molecule has 1 heteroatoms. The molecule has 0 atom stereocenters. The lowest BCUT2D eigenvalue weighted by atomic mass is 9.80. The van der Waals surface area contributed by atoms with Gasteiger partial charge in [0.25, 0.3) is 0 Å². The Balaban J connectivity index is 1.19. The minimum Gasteiger partial charge on any atom is -0.0622 e. The van der Waals surface area contributed by atoms with E-state index < -0.39 is 0 Å². The molecule has 0 amide bonds. The number of hydrogen-bond acceptors (Lipinski definition) is 0. The van der Waals surface area contributed by atoms with Crippen LogP contribution in [0.25, 0.3) is 88.0 Å². The van der Waals surface area contributed by atoms with Crippen molar-refractivity contribution in [3.05, 3.63) is 178 Å². The zero-order chi connectivity index (χ0) is 35.8. The van der Waals surface area contributed by atoms with Crippen LogP contribution in [0.3, 0.4) is 0 Å². The Kier molecular flexibility index (Phi) is 6.32. The zero-order valence-electron chi connectivity index (χ0n) is 30.3. The van der Waals surface area contributed by atoms with E-state index in [2.05, 4.69) is 195 Å². The average Bonchev–Trinajstić information content (AvgIpc) is 3.56. The molecule has 53 heavy (non-hydrogen) atoms. The average molecular weight is 742 g/mol. The fourth-order valence-corrected chi connectivity index (χ4v) is 10.6. The fraction of sp³-hybridized carbons (Fsp3) is 0.115. The molecule has 2 aliphatic carbocycles. The highest BCUT2D eigenvalue weighted by Crippen LogP contribution is 2.53. The van der Waals surface area contributed by atoms with E-state index in [0.717, 1.165) is 4.47 Å². The number of fused-ring (bicyclic) bond motifs is 6. The van der Waals surface area contributed by atoms with Gasteiger partial charge in [-0.1, -0.05) is 171 Å². The van der Waals surface area contributed by atoms with Crippen LogP contribution < -0.4 is 0 Å². The van der Waals surface area contributed by atoms with Gasteiger partial charge in [0.2, 0.25) is 0 Å². The van der Waals surface area contributed by atoms with Crippen LogP contribution in [0, 0.1) is 0 Å². The number of benzene rings is 9. The summed E-state index contributed by atoms with van der Waals surface area (Å²) in [5.41, 5.74) is 18.5. The molecule has 0 aromatic heterocycles. The topological polar surface area (TPSA) is 0 Å². The molecule has 252 valence electrons. The molecule has 0 aliphatic heterocycles. The minimum absolute atomic E-state index is 0.0613. The summed E-state index contributed by atoms with van der Waals surface area (Å²) in [5, 5.41) is 7.77. The van der Waals surface area contributed by atoms with Crippen molar-refractivity contribution >= 4 is 48.2 Å². The minimum atomic E-state index is -0.0699. The number of hydrogen-bond donors (Lipinski definition) is 0. The van der Waals surface area contributed by atoms with Gasteiger partial charge in [-0.15, -0.1) is 0 Å². The van der Waals surface area contributed by atoms with Crippen molar-refractivity contribution in [3.8, 4) is 55.6 Å². The van der Waals surface area contributed by atoms with Gasteiger partial charge in [0.15, 0.2) is 0 Å². The molecule has 0 N–H and O–H groups in total. The van der Waals surface area contributed by atoms with Gasteiger partial charge < -0.3 is 0 Å². The summed E-state index contributed by atoms with van der Waals surface area (Å²) in [6.45, 7) is 9.48. The van der Waals surface area contributed by atoms with Crippen molar-refractivity contribution < 1.29 is 0 Å². The monoisotopic (exact) mass is 740 g/mol. The summed E-state index contributed by atoms with van der Waals surface area (Å²) >= 11 is 4.08. The van der Waals surface area contributed by atoms with Crippen molar-refractivity contribution in [1.82, 2.24) is 0 Å². The van der Waals surface area contributed by atoms with E-state index in [4.69, 9.17) is 0 Å². The molecule has 9 aromatic carbocycles. The van der Waals surface area contributed by atoms with Gasteiger partial charge in [-0.25, -0.2) is 0 Å². The van der Waals surface area contributed by atoms with Gasteiger partial charge in [-0.2, -0.15) is 0 Å². The summed E-state index contributed by atoms with van der Waals surface area (Å²) in [4.78, 5) is 0. The molecule has 9 aromatic rings. The lowest BCUT2D eigenvalue weighted by Crippen LogP contribution is -2.14. The first-order chi connectivity index (χ1) is 25.7. The van der Waals surface area contributed by atoms with Crippen LogP contribution in [0.2, 0.25) is 0 Å². The van der Waals surface area contributed by atoms with E-state index in [9.17, 15) is 0 Å². The van der Waals surface area contributed by atoms with E-state index in [1.165, 1.54) is 110 Å². The zero-order valence-corrected chi connectivity index (χ0v) is 31.9. The van der Waals surface area contributed by atoms with E-state index in [0.29, 0.717) is 0 Å². The van der Waals surface area contributed by atoms with Gasteiger partial charge in [0, 0.05) is 15.3 Å². The van der Waals surface area contributed by atoms with E-state index in [-0.39, 0.29) is 10.8 Å². The molecule has 0 fully saturated rings. The molecular weight excluding hydrogens is 704 g/mol. The molecule has 0 unspecified atom stereocenters. The Morgan fingerprint density at radius 3 is 1.28 bits per heavy atom. The van der Waals surface area contributed by atoms with Crippen molar-refractivity contribution in [2.75, 3.05) is 0 Å². The smallest absolute Gasteiger partial charge is 0.0260 e. The number of rotatable bonds is 3. The lowest BCUT2D eigenvalue weighted by molar-refractivity contribution is 0.660. The highest BCUT2D eigenvalue weighted by molar-refractivity contribution is 9.10. The Labute approximate surface area is 319 Å². The van der Waals surface area contributed by atoms with Crippen LogP contribution in [-0.4, -0.2) is 0 Å². The Morgan fingerprint density at radius 2 is 0.736 bits per heavy atom. The van der Waals surface area contributed by atoms with Gasteiger partial charge in [-0.05, 0) is 134 Å². The summed E-state index contributed by atoms with van der Waals surface area (Å²) in [7, 11) is 0. The van der Waals surface area contributed by atoms with Crippen LogP contribution in [-0.2, 0) is 10.8 Å². The Hall–Kier alpha value is -5.50. The van der Waals surface area contributed by atoms with Gasteiger partial charge in [0.1, 0.15) is 0 Å².